The van der Waals surface area contributed by atoms with Crippen LogP contribution in [0.5, 0.6) is 0 Å². The molecule has 3 heterocycles. The smallest absolute Gasteiger partial charge is 0.340 e. The maximum atomic E-state index is 13.3. The standard InChI is InChI=1S/C28H34O9/c1-13(29)34-18-12-16-24(2,3)17(30)8-9-25(16,4)15-7-10-26(5)20(14-11-19(31)35-22(14)32)36-23(33)21-28(26,37-21)27(15,18)6/h8-9,11,15-16,18-21,31H,7,10,12H2,1-6H3/t15?,16?,18-,19?,20+,21-,25-,26-,27+,28-/m1/s1. The van der Waals surface area contributed by atoms with Crippen molar-refractivity contribution < 1.29 is 43.2 Å². The molecule has 2 saturated carbocycles. The number of rotatable bonds is 2. The van der Waals surface area contributed by atoms with E-state index in [1.54, 1.807) is 6.08 Å². The number of epoxide rings is 1. The van der Waals surface area contributed by atoms with E-state index in [4.69, 9.17) is 18.9 Å². The highest BCUT2D eigenvalue weighted by Gasteiger charge is 2.88. The molecule has 0 aromatic heterocycles. The molecule has 10 atom stereocenters. The molecule has 6 aliphatic rings. The van der Waals surface area contributed by atoms with Gasteiger partial charge in [-0.2, -0.15) is 0 Å². The Hall–Kier alpha value is -2.52. The van der Waals surface area contributed by atoms with Gasteiger partial charge in [-0.3, -0.25) is 9.59 Å². The third-order valence-electron chi connectivity index (χ3n) is 11.1. The topological polar surface area (TPSA) is 129 Å². The van der Waals surface area contributed by atoms with Crippen molar-refractivity contribution in [3.05, 3.63) is 23.8 Å². The highest BCUT2D eigenvalue weighted by atomic mass is 16.7. The van der Waals surface area contributed by atoms with Gasteiger partial charge >= 0.3 is 17.9 Å². The number of hydrogen-bond donors (Lipinski definition) is 1. The number of esters is 3. The molecule has 0 aromatic rings. The molecule has 3 unspecified atom stereocenters. The summed E-state index contributed by atoms with van der Waals surface area (Å²) in [6, 6.07) is 0. The quantitative estimate of drug-likeness (QED) is 0.335. The molecule has 2 saturated heterocycles. The molecule has 0 bridgehead atoms. The van der Waals surface area contributed by atoms with Gasteiger partial charge in [0.2, 0.25) is 6.29 Å². The van der Waals surface area contributed by atoms with Gasteiger partial charge in [-0.15, -0.1) is 0 Å². The number of carbonyl (C=O) groups is 4. The number of aliphatic hydroxyl groups is 1. The van der Waals surface area contributed by atoms with Crippen molar-refractivity contribution >= 4 is 23.7 Å². The number of hydrogen-bond acceptors (Lipinski definition) is 9. The minimum absolute atomic E-state index is 0.0473. The monoisotopic (exact) mass is 514 g/mol. The summed E-state index contributed by atoms with van der Waals surface area (Å²) in [5, 5.41) is 9.95. The lowest BCUT2D eigenvalue weighted by atomic mass is 9.35. The van der Waals surface area contributed by atoms with Gasteiger partial charge in [0.25, 0.3) is 0 Å². The van der Waals surface area contributed by atoms with E-state index in [0.717, 1.165) is 0 Å². The van der Waals surface area contributed by atoms with Crippen LogP contribution in [0.4, 0.5) is 0 Å². The molecule has 6 rings (SSSR count). The predicted octanol–water partition coefficient (Wildman–Crippen LogP) is 2.40. The van der Waals surface area contributed by atoms with Crippen LogP contribution >= 0.6 is 0 Å². The number of cyclic esters (lactones) is 2. The van der Waals surface area contributed by atoms with Gasteiger partial charge in [-0.25, -0.2) is 9.59 Å². The summed E-state index contributed by atoms with van der Waals surface area (Å²) in [6.07, 6.45) is 2.76. The van der Waals surface area contributed by atoms with E-state index >= 15 is 0 Å². The summed E-state index contributed by atoms with van der Waals surface area (Å²) in [7, 11) is 0. The van der Waals surface area contributed by atoms with Crippen molar-refractivity contribution in [3.8, 4) is 0 Å². The number of allylic oxidation sites excluding steroid dienone is 2. The van der Waals surface area contributed by atoms with Gasteiger partial charge in [0.05, 0.1) is 5.57 Å². The van der Waals surface area contributed by atoms with Crippen LogP contribution in [0, 0.1) is 33.5 Å². The summed E-state index contributed by atoms with van der Waals surface area (Å²) in [5.41, 5.74) is -3.74. The molecule has 1 spiro atoms. The van der Waals surface area contributed by atoms with Crippen molar-refractivity contribution in [1.82, 2.24) is 0 Å². The Kier molecular flexibility index (Phi) is 4.77. The van der Waals surface area contributed by atoms with Crippen LogP contribution in [0.1, 0.15) is 60.8 Å². The number of fused-ring (bicyclic) bond motifs is 3. The normalized spacial score (nSPS) is 51.0. The molecule has 200 valence electrons. The first-order chi connectivity index (χ1) is 17.1. The predicted molar refractivity (Wildman–Crippen MR) is 126 cm³/mol. The fourth-order valence-corrected chi connectivity index (χ4v) is 9.38. The van der Waals surface area contributed by atoms with Gasteiger partial charge in [-0.05, 0) is 48.7 Å². The van der Waals surface area contributed by atoms with Crippen LogP contribution in [0.25, 0.3) is 0 Å². The first-order valence-corrected chi connectivity index (χ1v) is 13.0. The molecule has 9 nitrogen and oxygen atoms in total. The summed E-state index contributed by atoms with van der Waals surface area (Å²) < 4.78 is 23.2. The highest BCUT2D eigenvalue weighted by molar-refractivity contribution is 5.96. The molecular weight excluding hydrogens is 480 g/mol. The van der Waals surface area contributed by atoms with Crippen LogP contribution in [0.2, 0.25) is 0 Å². The van der Waals surface area contributed by atoms with Crippen molar-refractivity contribution in [2.75, 3.05) is 0 Å². The first-order valence-electron chi connectivity index (χ1n) is 13.0. The molecule has 3 aliphatic heterocycles. The Bertz CT molecular complexity index is 1200. The van der Waals surface area contributed by atoms with Gasteiger partial charge in [0.1, 0.15) is 17.8 Å². The zero-order valence-corrected chi connectivity index (χ0v) is 22.0. The number of carbonyl (C=O) groups excluding carboxylic acids is 4. The van der Waals surface area contributed by atoms with Crippen LogP contribution in [0.15, 0.2) is 23.8 Å². The Morgan fingerprint density at radius 3 is 2.38 bits per heavy atom. The Labute approximate surface area is 215 Å². The summed E-state index contributed by atoms with van der Waals surface area (Å²) in [6.45, 7) is 11.4. The van der Waals surface area contributed by atoms with Gasteiger partial charge in [-0.1, -0.05) is 40.7 Å². The Morgan fingerprint density at radius 1 is 1.05 bits per heavy atom. The second-order valence-corrected chi connectivity index (χ2v) is 12.9. The van der Waals surface area contributed by atoms with Gasteiger partial charge in [0, 0.05) is 23.2 Å². The number of ketones is 1. The van der Waals surface area contributed by atoms with E-state index in [1.165, 1.54) is 13.0 Å². The second kappa shape index (κ2) is 7.11. The Balaban J connectivity index is 1.54. The van der Waals surface area contributed by atoms with E-state index in [9.17, 15) is 24.3 Å². The average molecular weight is 515 g/mol. The fourth-order valence-electron chi connectivity index (χ4n) is 9.38. The second-order valence-electron chi connectivity index (χ2n) is 12.9. The zero-order chi connectivity index (χ0) is 26.9. The van der Waals surface area contributed by atoms with Gasteiger partial charge in [0.15, 0.2) is 11.9 Å². The minimum Gasteiger partial charge on any atom is -0.462 e. The van der Waals surface area contributed by atoms with Crippen LogP contribution < -0.4 is 0 Å². The fraction of sp³-hybridized carbons (Fsp3) is 0.714. The summed E-state index contributed by atoms with van der Waals surface area (Å²) >= 11 is 0. The maximum absolute atomic E-state index is 13.3. The Morgan fingerprint density at radius 2 is 1.76 bits per heavy atom. The molecule has 1 N–H and O–H groups in total. The van der Waals surface area contributed by atoms with Crippen LogP contribution in [-0.4, -0.2) is 59.0 Å². The van der Waals surface area contributed by atoms with Crippen molar-refractivity contribution in [2.24, 2.45) is 33.5 Å². The first kappa shape index (κ1) is 24.8. The summed E-state index contributed by atoms with van der Waals surface area (Å²) in [4.78, 5) is 51.3. The number of aliphatic hydroxyl groups excluding tert-OH is 1. The molecule has 37 heavy (non-hydrogen) atoms. The van der Waals surface area contributed by atoms with E-state index in [0.29, 0.717) is 19.3 Å². The average Bonchev–Trinajstić information content (AvgIpc) is 3.49. The molecule has 0 aromatic carbocycles. The third kappa shape index (κ3) is 2.72. The van der Waals surface area contributed by atoms with Crippen molar-refractivity contribution in [1.29, 1.82) is 0 Å². The largest absolute Gasteiger partial charge is 0.462 e. The number of ether oxygens (including phenoxy) is 4. The lowest BCUT2D eigenvalue weighted by Gasteiger charge is -2.68. The molecule has 0 radical (unpaired) electrons. The van der Waals surface area contributed by atoms with Gasteiger partial charge < -0.3 is 24.1 Å². The SMILES string of the molecule is CC(=O)O[C@@H]1CC2C(C)(C)C(=O)C=C[C@]2(C)C2CC[C@]3(C)[C@H](C4=CC(O)OC4=O)OC(=O)[C@H]4O[C@]43[C@@]21C. The lowest BCUT2D eigenvalue weighted by Crippen LogP contribution is -2.74. The maximum Gasteiger partial charge on any atom is 0.340 e. The minimum atomic E-state index is -1.40. The lowest BCUT2D eigenvalue weighted by molar-refractivity contribution is -0.247. The molecular formula is C28H34O9. The zero-order valence-electron chi connectivity index (χ0n) is 22.0. The van der Waals surface area contributed by atoms with E-state index < -0.39 is 69.8 Å². The molecule has 3 aliphatic carbocycles. The molecule has 0 amide bonds. The van der Waals surface area contributed by atoms with Crippen LogP contribution in [-0.2, 0) is 38.1 Å². The van der Waals surface area contributed by atoms with Crippen LogP contribution in [0.3, 0.4) is 0 Å². The summed E-state index contributed by atoms with van der Waals surface area (Å²) in [5.74, 6) is -1.88. The van der Waals surface area contributed by atoms with Crippen molar-refractivity contribution in [2.45, 2.75) is 91.0 Å². The van der Waals surface area contributed by atoms with E-state index in [-0.39, 0.29) is 23.2 Å². The van der Waals surface area contributed by atoms with Crippen molar-refractivity contribution in [3.63, 3.8) is 0 Å². The molecule has 9 heteroatoms. The third-order valence-corrected chi connectivity index (χ3v) is 11.1. The highest BCUT2D eigenvalue weighted by Crippen LogP contribution is 2.78. The molecule has 4 fully saturated rings. The van der Waals surface area contributed by atoms with E-state index in [2.05, 4.69) is 6.92 Å². The van der Waals surface area contributed by atoms with E-state index in [1.807, 2.05) is 33.8 Å².